The van der Waals surface area contributed by atoms with Gasteiger partial charge in [-0.05, 0) is 48.0 Å². The minimum atomic E-state index is -0.668. The molecule has 1 heterocycles. The third-order valence-corrected chi connectivity index (χ3v) is 3.49. The first kappa shape index (κ1) is 11.2. The molecule has 0 aliphatic heterocycles. The minimum absolute atomic E-state index is 0.527. The molecule has 1 aromatic heterocycles. The zero-order chi connectivity index (χ0) is 9.90. The number of nitrogens with two attached hydrogens (primary N) is 1. The van der Waals surface area contributed by atoms with Gasteiger partial charge in [0.15, 0.2) is 0 Å². The monoisotopic (exact) mass is 263 g/mol. The summed E-state index contributed by atoms with van der Waals surface area (Å²) in [7, 11) is 0. The summed E-state index contributed by atoms with van der Waals surface area (Å²) in [5, 5.41) is 9.89. The molecule has 1 rings (SSSR count). The van der Waals surface area contributed by atoms with Gasteiger partial charge in [-0.1, -0.05) is 0 Å². The Morgan fingerprint density at radius 2 is 2.31 bits per heavy atom. The van der Waals surface area contributed by atoms with Crippen LogP contribution in [0.2, 0.25) is 0 Å². The highest BCUT2D eigenvalue weighted by molar-refractivity contribution is 9.11. The Morgan fingerprint density at radius 3 is 2.77 bits per heavy atom. The average Bonchev–Trinajstić information content (AvgIpc) is 2.34. The second-order valence-electron chi connectivity index (χ2n) is 3.42. The van der Waals surface area contributed by atoms with Crippen LogP contribution in [0, 0.1) is 0 Å². The Balaban J connectivity index is 2.57. The lowest BCUT2D eigenvalue weighted by Gasteiger charge is -2.21. The fraction of sp³-hybridized carbons (Fsp3) is 0.556. The van der Waals surface area contributed by atoms with E-state index in [1.54, 1.807) is 11.3 Å². The summed E-state index contributed by atoms with van der Waals surface area (Å²) < 4.78 is 1.10. The molecule has 3 N–H and O–H groups in total. The second-order valence-corrected chi connectivity index (χ2v) is 5.97. The molecule has 0 spiro atoms. The van der Waals surface area contributed by atoms with E-state index in [1.165, 1.54) is 4.88 Å². The maximum Gasteiger partial charge on any atom is 0.0701 e. The number of thiophene rings is 1. The molecule has 0 saturated heterocycles. The van der Waals surface area contributed by atoms with Crippen molar-refractivity contribution in [2.24, 2.45) is 5.73 Å². The molecular formula is C9H14BrNOS. The number of rotatable bonds is 4. The highest BCUT2D eigenvalue weighted by Gasteiger charge is 2.20. The first-order chi connectivity index (χ1) is 6.03. The smallest absolute Gasteiger partial charge is 0.0701 e. The fourth-order valence-corrected chi connectivity index (χ4v) is 2.88. The SMILES string of the molecule is CC(O)(CCN)Cc1ccc(Br)s1. The Labute approximate surface area is 90.9 Å². The van der Waals surface area contributed by atoms with Crippen LogP contribution in [0.3, 0.4) is 0 Å². The van der Waals surface area contributed by atoms with Gasteiger partial charge in [-0.2, -0.15) is 0 Å². The molecule has 0 bridgehead atoms. The van der Waals surface area contributed by atoms with E-state index in [0.29, 0.717) is 19.4 Å². The van der Waals surface area contributed by atoms with Gasteiger partial charge in [-0.3, -0.25) is 0 Å². The van der Waals surface area contributed by atoms with E-state index in [4.69, 9.17) is 5.73 Å². The number of hydrogen-bond donors (Lipinski definition) is 2. The van der Waals surface area contributed by atoms with E-state index in [0.717, 1.165) is 3.79 Å². The van der Waals surface area contributed by atoms with Crippen LogP contribution >= 0.6 is 27.3 Å². The molecule has 74 valence electrons. The third-order valence-electron chi connectivity index (χ3n) is 1.87. The van der Waals surface area contributed by atoms with Gasteiger partial charge in [-0.25, -0.2) is 0 Å². The van der Waals surface area contributed by atoms with Gasteiger partial charge in [0.1, 0.15) is 0 Å². The largest absolute Gasteiger partial charge is 0.390 e. The van der Waals surface area contributed by atoms with Gasteiger partial charge < -0.3 is 10.8 Å². The molecule has 0 fully saturated rings. The Hall–Kier alpha value is 0.1000. The van der Waals surface area contributed by atoms with Crippen LogP contribution in [0.1, 0.15) is 18.2 Å². The number of aliphatic hydroxyl groups is 1. The van der Waals surface area contributed by atoms with E-state index in [9.17, 15) is 5.11 Å². The zero-order valence-corrected chi connectivity index (χ0v) is 9.99. The van der Waals surface area contributed by atoms with E-state index in [-0.39, 0.29) is 0 Å². The van der Waals surface area contributed by atoms with Crippen molar-refractivity contribution in [3.63, 3.8) is 0 Å². The third kappa shape index (κ3) is 3.77. The molecule has 0 aliphatic rings. The van der Waals surface area contributed by atoms with Crippen LogP contribution in [0.25, 0.3) is 0 Å². The van der Waals surface area contributed by atoms with Gasteiger partial charge in [0.25, 0.3) is 0 Å². The molecule has 1 atom stereocenters. The van der Waals surface area contributed by atoms with Crippen molar-refractivity contribution in [3.05, 3.63) is 20.8 Å². The molecule has 4 heteroatoms. The molecule has 13 heavy (non-hydrogen) atoms. The molecule has 0 saturated carbocycles. The van der Waals surface area contributed by atoms with Crippen molar-refractivity contribution in [2.75, 3.05) is 6.54 Å². The van der Waals surface area contributed by atoms with Gasteiger partial charge in [0.05, 0.1) is 9.39 Å². The maximum atomic E-state index is 9.89. The van der Waals surface area contributed by atoms with E-state index in [1.807, 2.05) is 19.1 Å². The topological polar surface area (TPSA) is 46.2 Å². The normalized spacial score (nSPS) is 15.7. The van der Waals surface area contributed by atoms with Gasteiger partial charge in [0.2, 0.25) is 0 Å². The van der Waals surface area contributed by atoms with Crippen molar-refractivity contribution in [3.8, 4) is 0 Å². The van der Waals surface area contributed by atoms with Gasteiger partial charge in [0, 0.05) is 11.3 Å². The van der Waals surface area contributed by atoms with Crippen molar-refractivity contribution >= 4 is 27.3 Å². The Kier molecular flexibility index (Phi) is 3.91. The van der Waals surface area contributed by atoms with E-state index in [2.05, 4.69) is 15.9 Å². The molecular weight excluding hydrogens is 250 g/mol. The van der Waals surface area contributed by atoms with Crippen LogP contribution in [-0.2, 0) is 6.42 Å². The lowest BCUT2D eigenvalue weighted by molar-refractivity contribution is 0.0547. The first-order valence-electron chi connectivity index (χ1n) is 4.20. The zero-order valence-electron chi connectivity index (χ0n) is 7.59. The summed E-state index contributed by atoms with van der Waals surface area (Å²) in [4.78, 5) is 1.19. The minimum Gasteiger partial charge on any atom is -0.390 e. The Bertz CT molecular complexity index is 272. The van der Waals surface area contributed by atoms with Crippen molar-refractivity contribution in [1.29, 1.82) is 0 Å². The number of hydrogen-bond acceptors (Lipinski definition) is 3. The van der Waals surface area contributed by atoms with Crippen LogP contribution in [-0.4, -0.2) is 17.3 Å². The predicted octanol–water partition coefficient (Wildman–Crippen LogP) is 2.15. The van der Waals surface area contributed by atoms with Crippen LogP contribution in [0.4, 0.5) is 0 Å². The highest BCUT2D eigenvalue weighted by atomic mass is 79.9. The summed E-state index contributed by atoms with van der Waals surface area (Å²) in [5.41, 5.74) is 4.74. The molecule has 0 amide bonds. The maximum absolute atomic E-state index is 9.89. The molecule has 1 unspecified atom stereocenters. The van der Waals surface area contributed by atoms with E-state index < -0.39 is 5.60 Å². The standard InChI is InChI=1S/C9H14BrNOS/c1-9(12,4-5-11)6-7-2-3-8(10)13-7/h2-3,12H,4-6,11H2,1H3. The van der Waals surface area contributed by atoms with Crippen molar-refractivity contribution in [2.45, 2.75) is 25.4 Å². The number of halogens is 1. The second kappa shape index (κ2) is 4.55. The van der Waals surface area contributed by atoms with Crippen LogP contribution in [0.5, 0.6) is 0 Å². The summed E-state index contributed by atoms with van der Waals surface area (Å²) in [6.07, 6.45) is 1.32. The van der Waals surface area contributed by atoms with E-state index >= 15 is 0 Å². The Morgan fingerprint density at radius 1 is 1.62 bits per heavy atom. The van der Waals surface area contributed by atoms with Crippen molar-refractivity contribution in [1.82, 2.24) is 0 Å². The summed E-state index contributed by atoms with van der Waals surface area (Å²) in [5.74, 6) is 0. The lowest BCUT2D eigenvalue weighted by atomic mass is 9.97. The van der Waals surface area contributed by atoms with Gasteiger partial charge >= 0.3 is 0 Å². The highest BCUT2D eigenvalue weighted by Crippen LogP contribution is 2.26. The van der Waals surface area contributed by atoms with Crippen LogP contribution < -0.4 is 5.73 Å². The predicted molar refractivity (Wildman–Crippen MR) is 60.0 cm³/mol. The fourth-order valence-electron chi connectivity index (χ4n) is 1.22. The van der Waals surface area contributed by atoms with Gasteiger partial charge in [-0.15, -0.1) is 11.3 Å². The molecule has 0 aliphatic carbocycles. The lowest BCUT2D eigenvalue weighted by Crippen LogP contribution is -2.29. The summed E-state index contributed by atoms with van der Waals surface area (Å²) >= 11 is 5.05. The molecule has 1 aromatic rings. The summed E-state index contributed by atoms with van der Waals surface area (Å²) in [6, 6.07) is 4.03. The quantitative estimate of drug-likeness (QED) is 0.875. The van der Waals surface area contributed by atoms with Crippen molar-refractivity contribution < 1.29 is 5.11 Å². The average molecular weight is 264 g/mol. The first-order valence-corrected chi connectivity index (χ1v) is 5.81. The summed E-state index contributed by atoms with van der Waals surface area (Å²) in [6.45, 7) is 2.35. The molecule has 2 nitrogen and oxygen atoms in total. The molecule has 0 aromatic carbocycles. The van der Waals surface area contributed by atoms with Crippen LogP contribution in [0.15, 0.2) is 15.9 Å². The molecule has 0 radical (unpaired) electrons.